The molecular weight excluding hydrogens is 1020 g/mol. The maximum absolute atomic E-state index is 7.07. The van der Waals surface area contributed by atoms with Gasteiger partial charge in [-0.2, -0.15) is 0 Å². The van der Waals surface area contributed by atoms with Crippen molar-refractivity contribution in [2.75, 3.05) is 4.90 Å². The van der Waals surface area contributed by atoms with Gasteiger partial charge in [0.05, 0.1) is 22.1 Å². The fraction of sp³-hybridized carbons (Fsp3) is 0.0864. The lowest BCUT2D eigenvalue weighted by atomic mass is 9.64. The van der Waals surface area contributed by atoms with Crippen molar-refractivity contribution in [3.8, 4) is 27.9 Å². The standard InChI is InChI=1S/C81H58N2O/c1-49-29-33-56(34-30-49)67(66-26-14-25-65-64-24-12-16-52(4)79(64)84-80(65)66)44-53-45-69-68-48-61(82(59-37-31-50(2)32-38-59)60-21-13-20-58(47-60)57-19-11-15-51(3)43-57)39-42-74(68)83-75-28-10-9-27-70(75)81(73(46-53)78(69)83)71-40-35-54-17-5-7-22-62(54)76(71)77-63-23-8-6-18-55(63)36-41-72(77)81/h5-43,45-48,67H,44H2,1-4H3. The molecule has 0 amide bonds. The molecule has 3 heterocycles. The summed E-state index contributed by atoms with van der Waals surface area (Å²) in [4.78, 5) is 2.45. The van der Waals surface area contributed by atoms with Gasteiger partial charge in [0.15, 0.2) is 0 Å². The smallest absolute Gasteiger partial charge is 0.139 e. The van der Waals surface area contributed by atoms with E-state index in [4.69, 9.17) is 4.42 Å². The van der Waals surface area contributed by atoms with Crippen LogP contribution in [0.2, 0.25) is 0 Å². The lowest BCUT2D eigenvalue weighted by Crippen LogP contribution is -2.33. The molecule has 3 nitrogen and oxygen atoms in total. The van der Waals surface area contributed by atoms with Crippen molar-refractivity contribution in [3.05, 3.63) is 322 Å². The molecule has 1 unspecified atom stereocenters. The van der Waals surface area contributed by atoms with E-state index >= 15 is 0 Å². The number of benzene rings is 13. The number of hydrogen-bond acceptors (Lipinski definition) is 2. The zero-order valence-electron chi connectivity index (χ0n) is 47.4. The van der Waals surface area contributed by atoms with Crippen molar-refractivity contribution in [3.63, 3.8) is 0 Å². The van der Waals surface area contributed by atoms with Gasteiger partial charge in [0.25, 0.3) is 0 Å². The summed E-state index contributed by atoms with van der Waals surface area (Å²) in [7, 11) is 0. The molecule has 2 aliphatic rings. The van der Waals surface area contributed by atoms with Crippen LogP contribution in [0.15, 0.2) is 265 Å². The zero-order valence-corrected chi connectivity index (χ0v) is 47.4. The van der Waals surface area contributed by atoms with Crippen LogP contribution in [0.1, 0.15) is 67.1 Å². The monoisotopic (exact) mass is 1070 g/mol. The summed E-state index contributed by atoms with van der Waals surface area (Å²) in [6.07, 6.45) is 0.738. The summed E-state index contributed by atoms with van der Waals surface area (Å²) in [5.41, 5.74) is 27.0. The third kappa shape index (κ3) is 7.05. The maximum Gasteiger partial charge on any atom is 0.139 e. The number of nitrogens with zero attached hydrogens (tertiary/aromatic N) is 2. The Morgan fingerprint density at radius 2 is 1.01 bits per heavy atom. The Kier molecular flexibility index (Phi) is 10.6. The SMILES string of the molecule is Cc1ccc(C(Cc2cc3c4c(c2)c2cc(N(c5ccc(C)cc5)c5cccc(-c6cccc(C)c6)c5)ccc2n4-c2ccccc2C32c3ccc4ccccc4c3-c3c2ccc2ccccc32)c2cccc3c2oc2c(C)cccc23)cc1. The van der Waals surface area contributed by atoms with Crippen LogP contribution in [0.5, 0.6) is 0 Å². The molecule has 3 heteroatoms. The Balaban J connectivity index is 0.984. The number of para-hydroxylation sites is 3. The first-order valence-electron chi connectivity index (χ1n) is 29.6. The number of aromatic nitrogens is 1. The van der Waals surface area contributed by atoms with Gasteiger partial charge in [-0.15, -0.1) is 0 Å². The second-order valence-corrected chi connectivity index (χ2v) is 23.8. The van der Waals surface area contributed by atoms with Gasteiger partial charge in [-0.3, -0.25) is 0 Å². The molecule has 1 spiro atoms. The summed E-state index contributed by atoms with van der Waals surface area (Å²) >= 11 is 0. The molecule has 1 atom stereocenters. The van der Waals surface area contributed by atoms with Crippen LogP contribution in [0, 0.1) is 27.7 Å². The first-order chi connectivity index (χ1) is 41.3. The van der Waals surface area contributed by atoms with E-state index in [1.54, 1.807) is 0 Å². The van der Waals surface area contributed by atoms with Crippen molar-refractivity contribution in [1.29, 1.82) is 0 Å². The average Bonchev–Trinajstić information content (AvgIpc) is 1.48. The van der Waals surface area contributed by atoms with Crippen LogP contribution in [0.25, 0.3) is 93.2 Å². The molecule has 0 bridgehead atoms. The van der Waals surface area contributed by atoms with E-state index in [2.05, 4.69) is 298 Å². The third-order valence-electron chi connectivity index (χ3n) is 18.8. The van der Waals surface area contributed by atoms with Crippen molar-refractivity contribution < 1.29 is 4.42 Å². The highest BCUT2D eigenvalue weighted by Crippen LogP contribution is 2.64. The second-order valence-electron chi connectivity index (χ2n) is 23.8. The molecule has 84 heavy (non-hydrogen) atoms. The van der Waals surface area contributed by atoms with Gasteiger partial charge in [0.1, 0.15) is 11.2 Å². The minimum absolute atomic E-state index is 0.0377. The molecule has 13 aromatic carbocycles. The average molecular weight is 1080 g/mol. The number of furan rings is 1. The summed E-state index contributed by atoms with van der Waals surface area (Å²) in [5.74, 6) is -0.0377. The van der Waals surface area contributed by atoms with Crippen LogP contribution in [-0.2, 0) is 11.8 Å². The molecular formula is C81H58N2O. The summed E-state index contributed by atoms with van der Waals surface area (Å²) < 4.78 is 9.68. The summed E-state index contributed by atoms with van der Waals surface area (Å²) in [5, 5.41) is 9.81. The first-order valence-corrected chi connectivity index (χ1v) is 29.6. The van der Waals surface area contributed by atoms with E-state index in [-0.39, 0.29) is 5.92 Å². The lowest BCUT2D eigenvalue weighted by molar-refractivity contribution is 0.652. The van der Waals surface area contributed by atoms with E-state index < -0.39 is 5.41 Å². The van der Waals surface area contributed by atoms with E-state index in [1.807, 2.05) is 0 Å². The van der Waals surface area contributed by atoms with Gasteiger partial charge in [0.2, 0.25) is 0 Å². The molecule has 0 N–H and O–H groups in total. The van der Waals surface area contributed by atoms with E-state index in [1.165, 1.54) is 127 Å². The van der Waals surface area contributed by atoms with E-state index in [9.17, 15) is 0 Å². The fourth-order valence-corrected chi connectivity index (χ4v) is 15.0. The van der Waals surface area contributed by atoms with Crippen molar-refractivity contribution in [1.82, 2.24) is 4.57 Å². The number of aryl methyl sites for hydroxylation is 4. The molecule has 2 aromatic heterocycles. The van der Waals surface area contributed by atoms with Crippen molar-refractivity contribution in [2.45, 2.75) is 45.4 Å². The molecule has 398 valence electrons. The third-order valence-corrected chi connectivity index (χ3v) is 18.8. The van der Waals surface area contributed by atoms with Gasteiger partial charge in [0, 0.05) is 50.1 Å². The summed E-state index contributed by atoms with van der Waals surface area (Å²) in [6.45, 7) is 8.69. The molecule has 1 aliphatic heterocycles. The zero-order chi connectivity index (χ0) is 55.9. The number of rotatable bonds is 8. The van der Waals surface area contributed by atoms with E-state index in [0.29, 0.717) is 0 Å². The van der Waals surface area contributed by atoms with Crippen LogP contribution >= 0.6 is 0 Å². The minimum Gasteiger partial charge on any atom is -0.455 e. The Hall–Kier alpha value is -10.2. The normalized spacial score (nSPS) is 13.3. The number of hydrogen-bond donors (Lipinski definition) is 0. The van der Waals surface area contributed by atoms with Crippen LogP contribution in [0.3, 0.4) is 0 Å². The van der Waals surface area contributed by atoms with Crippen molar-refractivity contribution >= 4 is 82.4 Å². The fourth-order valence-electron chi connectivity index (χ4n) is 15.0. The van der Waals surface area contributed by atoms with Gasteiger partial charge >= 0.3 is 0 Å². The summed E-state index contributed by atoms with van der Waals surface area (Å²) in [6, 6.07) is 98.9. The quantitative estimate of drug-likeness (QED) is 0.151. The number of fused-ring (bicyclic) bond motifs is 19. The highest BCUT2D eigenvalue weighted by atomic mass is 16.3. The van der Waals surface area contributed by atoms with Crippen LogP contribution < -0.4 is 4.90 Å². The van der Waals surface area contributed by atoms with E-state index in [0.717, 1.165) is 51.0 Å². The molecule has 17 rings (SSSR count). The van der Waals surface area contributed by atoms with Crippen molar-refractivity contribution in [2.24, 2.45) is 0 Å². The molecule has 15 aromatic rings. The highest BCUT2D eigenvalue weighted by Gasteiger charge is 2.52. The maximum atomic E-state index is 7.07. The molecule has 0 radical (unpaired) electrons. The Morgan fingerprint density at radius 1 is 0.405 bits per heavy atom. The molecule has 0 saturated carbocycles. The molecule has 0 saturated heterocycles. The topological polar surface area (TPSA) is 21.3 Å². The Bertz CT molecular complexity index is 5140. The largest absolute Gasteiger partial charge is 0.455 e. The second kappa shape index (κ2) is 18.4. The number of anilines is 3. The predicted octanol–water partition coefficient (Wildman–Crippen LogP) is 21.4. The Morgan fingerprint density at radius 3 is 1.75 bits per heavy atom. The highest BCUT2D eigenvalue weighted by molar-refractivity contribution is 6.17. The first kappa shape index (κ1) is 48.5. The molecule has 0 fully saturated rings. The minimum atomic E-state index is -0.684. The Labute approximate surface area is 488 Å². The molecule has 1 aliphatic carbocycles. The van der Waals surface area contributed by atoms with Crippen LogP contribution in [0.4, 0.5) is 17.1 Å². The van der Waals surface area contributed by atoms with Gasteiger partial charge in [-0.25, -0.2) is 0 Å². The van der Waals surface area contributed by atoms with Gasteiger partial charge < -0.3 is 13.9 Å². The predicted molar refractivity (Wildman–Crippen MR) is 351 cm³/mol. The van der Waals surface area contributed by atoms with Crippen LogP contribution in [-0.4, -0.2) is 4.57 Å². The van der Waals surface area contributed by atoms with Gasteiger partial charge in [-0.1, -0.05) is 223 Å². The van der Waals surface area contributed by atoms with Gasteiger partial charge in [-0.05, 0) is 171 Å². The lowest BCUT2D eigenvalue weighted by Gasteiger charge is -2.40.